The van der Waals surface area contributed by atoms with E-state index in [1.165, 1.54) is 17.6 Å². The second-order valence-corrected chi connectivity index (χ2v) is 7.91. The van der Waals surface area contributed by atoms with Gasteiger partial charge in [-0.3, -0.25) is 4.39 Å². The highest BCUT2D eigenvalue weighted by atomic mass is 32.2. The minimum Gasteiger partial charge on any atom is -0.368 e. The minimum absolute atomic E-state index is 0.285. The standard InChI is InChI=1S/C21H33FO2S/c1-3-17(11-9-15-22)18-10-8-13-20(16-18)25-19(4-2)12-6-5-7-14-21(23)24/h4-6,10-11,19-21,23-24H,2-3,7-9,12-16H2,1H3/b6-5-,17-11+. The highest BCUT2D eigenvalue weighted by Gasteiger charge is 2.20. The van der Waals surface area contributed by atoms with Crippen LogP contribution in [0.1, 0.15) is 58.3 Å². The van der Waals surface area contributed by atoms with Crippen molar-refractivity contribution in [3.05, 3.63) is 48.1 Å². The first-order chi connectivity index (χ1) is 12.1. The zero-order chi connectivity index (χ0) is 18.5. The molecule has 2 nitrogen and oxygen atoms in total. The molecule has 2 atom stereocenters. The summed E-state index contributed by atoms with van der Waals surface area (Å²) in [6.07, 6.45) is 16.1. The Labute approximate surface area is 156 Å². The third-order valence-corrected chi connectivity index (χ3v) is 5.90. The molecule has 0 aliphatic heterocycles. The van der Waals surface area contributed by atoms with E-state index < -0.39 is 6.29 Å². The fourth-order valence-electron chi connectivity index (χ4n) is 3.03. The lowest BCUT2D eigenvalue weighted by Gasteiger charge is -2.26. The summed E-state index contributed by atoms with van der Waals surface area (Å²) in [5, 5.41) is 18.6. The SMILES string of the molecule is C=CC(C/C=C\CCC(O)O)SC1CCC=C(/C(=C/CCF)CC)C1. The van der Waals surface area contributed by atoms with E-state index in [1.807, 2.05) is 23.9 Å². The van der Waals surface area contributed by atoms with Crippen molar-refractivity contribution in [3.8, 4) is 0 Å². The van der Waals surface area contributed by atoms with Gasteiger partial charge in [0.05, 0.1) is 6.67 Å². The third kappa shape index (κ3) is 9.43. The summed E-state index contributed by atoms with van der Waals surface area (Å²) in [6.45, 7) is 5.82. The van der Waals surface area contributed by atoms with E-state index in [-0.39, 0.29) is 6.67 Å². The Bertz CT molecular complexity index is 469. The lowest BCUT2D eigenvalue weighted by molar-refractivity contribution is -0.0442. The van der Waals surface area contributed by atoms with E-state index in [2.05, 4.69) is 31.7 Å². The van der Waals surface area contributed by atoms with Crippen LogP contribution in [0.2, 0.25) is 0 Å². The summed E-state index contributed by atoms with van der Waals surface area (Å²) >= 11 is 1.98. The number of hydrogen-bond acceptors (Lipinski definition) is 3. The smallest absolute Gasteiger partial charge is 0.151 e. The monoisotopic (exact) mass is 368 g/mol. The second kappa shape index (κ2) is 13.4. The van der Waals surface area contributed by atoms with E-state index in [4.69, 9.17) is 10.2 Å². The molecule has 2 unspecified atom stereocenters. The van der Waals surface area contributed by atoms with Crippen LogP contribution < -0.4 is 0 Å². The summed E-state index contributed by atoms with van der Waals surface area (Å²) < 4.78 is 12.5. The maximum Gasteiger partial charge on any atom is 0.151 e. The highest BCUT2D eigenvalue weighted by molar-refractivity contribution is 8.00. The average Bonchev–Trinajstić information content (AvgIpc) is 2.61. The molecule has 142 valence electrons. The minimum atomic E-state index is -1.22. The predicted octanol–water partition coefficient (Wildman–Crippen LogP) is 5.49. The molecule has 0 spiro atoms. The third-order valence-electron chi connectivity index (χ3n) is 4.38. The van der Waals surface area contributed by atoms with Crippen molar-refractivity contribution in [3.63, 3.8) is 0 Å². The van der Waals surface area contributed by atoms with Crippen LogP contribution in [0.25, 0.3) is 0 Å². The second-order valence-electron chi connectivity index (χ2n) is 6.37. The number of thioether (sulfide) groups is 1. The summed E-state index contributed by atoms with van der Waals surface area (Å²) in [6, 6.07) is 0. The molecular formula is C21H33FO2S. The number of rotatable bonds is 12. The summed E-state index contributed by atoms with van der Waals surface area (Å²) in [5.41, 5.74) is 2.70. The molecular weight excluding hydrogens is 335 g/mol. The van der Waals surface area contributed by atoms with E-state index in [0.717, 1.165) is 25.7 Å². The topological polar surface area (TPSA) is 40.5 Å². The lowest BCUT2D eigenvalue weighted by atomic mass is 9.91. The van der Waals surface area contributed by atoms with Crippen LogP contribution in [0, 0.1) is 0 Å². The predicted molar refractivity (Wildman–Crippen MR) is 107 cm³/mol. The lowest BCUT2D eigenvalue weighted by Crippen LogP contribution is -2.14. The van der Waals surface area contributed by atoms with E-state index in [9.17, 15) is 4.39 Å². The van der Waals surface area contributed by atoms with Gasteiger partial charge in [-0.05, 0) is 56.1 Å². The fourth-order valence-corrected chi connectivity index (χ4v) is 4.41. The number of aliphatic hydroxyl groups excluding tert-OH is 1. The number of halogens is 1. The van der Waals surface area contributed by atoms with Gasteiger partial charge in [0.1, 0.15) is 0 Å². The van der Waals surface area contributed by atoms with Gasteiger partial charge in [0.25, 0.3) is 0 Å². The Balaban J connectivity index is 2.49. The molecule has 0 saturated carbocycles. The van der Waals surface area contributed by atoms with Crippen LogP contribution in [0.4, 0.5) is 4.39 Å². The normalized spacial score (nSPS) is 20.1. The van der Waals surface area contributed by atoms with Crippen molar-refractivity contribution in [1.29, 1.82) is 0 Å². The quantitative estimate of drug-likeness (QED) is 0.354. The number of aliphatic hydroxyl groups is 2. The number of alkyl halides is 1. The molecule has 4 heteroatoms. The van der Waals surface area contributed by atoms with Crippen LogP contribution in [0.3, 0.4) is 0 Å². The Morgan fingerprint density at radius 1 is 1.40 bits per heavy atom. The molecule has 0 bridgehead atoms. The Morgan fingerprint density at radius 3 is 2.84 bits per heavy atom. The molecule has 0 aromatic heterocycles. The Kier molecular flexibility index (Phi) is 11.9. The first-order valence-corrected chi connectivity index (χ1v) is 10.3. The van der Waals surface area contributed by atoms with Crippen LogP contribution in [-0.2, 0) is 0 Å². The van der Waals surface area contributed by atoms with Gasteiger partial charge in [-0.2, -0.15) is 11.8 Å². The van der Waals surface area contributed by atoms with E-state index >= 15 is 0 Å². The molecule has 0 amide bonds. The van der Waals surface area contributed by atoms with Gasteiger partial charge in [-0.25, -0.2) is 0 Å². The van der Waals surface area contributed by atoms with Crippen molar-refractivity contribution in [2.75, 3.05) is 6.67 Å². The van der Waals surface area contributed by atoms with Gasteiger partial charge in [-0.1, -0.05) is 37.3 Å². The van der Waals surface area contributed by atoms with Crippen molar-refractivity contribution in [2.45, 2.75) is 75.1 Å². The molecule has 0 aromatic carbocycles. The van der Waals surface area contributed by atoms with Crippen molar-refractivity contribution in [2.24, 2.45) is 0 Å². The molecule has 0 radical (unpaired) electrons. The molecule has 1 aliphatic carbocycles. The summed E-state index contributed by atoms with van der Waals surface area (Å²) in [4.78, 5) is 0. The molecule has 0 saturated heterocycles. The summed E-state index contributed by atoms with van der Waals surface area (Å²) in [7, 11) is 0. The largest absolute Gasteiger partial charge is 0.368 e. The Hall–Kier alpha value is -0.840. The van der Waals surface area contributed by atoms with Gasteiger partial charge < -0.3 is 10.2 Å². The van der Waals surface area contributed by atoms with Crippen LogP contribution in [-0.4, -0.2) is 33.7 Å². The van der Waals surface area contributed by atoms with Crippen LogP contribution in [0.15, 0.2) is 48.1 Å². The van der Waals surface area contributed by atoms with Gasteiger partial charge in [0, 0.05) is 16.9 Å². The van der Waals surface area contributed by atoms with Crippen LogP contribution in [0.5, 0.6) is 0 Å². The van der Waals surface area contributed by atoms with Crippen molar-refractivity contribution < 1.29 is 14.6 Å². The van der Waals surface area contributed by atoms with Crippen molar-refractivity contribution in [1.82, 2.24) is 0 Å². The number of allylic oxidation sites excluding steroid dienone is 6. The molecule has 1 aliphatic rings. The van der Waals surface area contributed by atoms with Gasteiger partial charge >= 0.3 is 0 Å². The van der Waals surface area contributed by atoms with Gasteiger partial charge in [0.2, 0.25) is 0 Å². The Morgan fingerprint density at radius 2 is 2.20 bits per heavy atom. The molecule has 1 rings (SSSR count). The van der Waals surface area contributed by atoms with Gasteiger partial charge in [-0.15, -0.1) is 6.58 Å². The van der Waals surface area contributed by atoms with Crippen LogP contribution >= 0.6 is 11.8 Å². The number of hydrogen-bond donors (Lipinski definition) is 2. The zero-order valence-corrected chi connectivity index (χ0v) is 16.2. The molecule has 0 fully saturated rings. The summed E-state index contributed by atoms with van der Waals surface area (Å²) in [5.74, 6) is 0. The van der Waals surface area contributed by atoms with Gasteiger partial charge in [0.15, 0.2) is 6.29 Å². The zero-order valence-electron chi connectivity index (χ0n) is 15.4. The maximum absolute atomic E-state index is 12.5. The molecule has 25 heavy (non-hydrogen) atoms. The molecule has 0 aromatic rings. The first kappa shape index (κ1) is 22.2. The van der Waals surface area contributed by atoms with Crippen molar-refractivity contribution >= 4 is 11.8 Å². The highest BCUT2D eigenvalue weighted by Crippen LogP contribution is 2.36. The molecule has 2 N–H and O–H groups in total. The van der Waals surface area contributed by atoms with E-state index in [0.29, 0.717) is 29.8 Å². The first-order valence-electron chi connectivity index (χ1n) is 9.34. The maximum atomic E-state index is 12.5. The van der Waals surface area contributed by atoms with E-state index in [1.54, 1.807) is 0 Å². The average molecular weight is 369 g/mol. The fraction of sp³-hybridized carbons (Fsp3) is 0.619. The molecule has 0 heterocycles.